The molecule has 2 aromatic heterocycles. The molecule has 3 nitrogen and oxygen atoms in total. The maximum Gasteiger partial charge on any atom is 0.433 e. The molecule has 0 unspecified atom stereocenters. The van der Waals surface area contributed by atoms with Crippen molar-refractivity contribution in [2.75, 3.05) is 5.32 Å². The summed E-state index contributed by atoms with van der Waals surface area (Å²) in [4.78, 5) is 15.6. The van der Waals surface area contributed by atoms with Crippen LogP contribution in [0.15, 0.2) is 32.7 Å². The molecule has 0 saturated carbocycles. The lowest BCUT2D eigenvalue weighted by Gasteiger charge is -2.07. The predicted molar refractivity (Wildman–Crippen MR) is 76.9 cm³/mol. The SMILES string of the molecule is O=C(Nc1ccc(C(F)(F)F)nc1)c1cc(Br)c(Br)s1. The lowest BCUT2D eigenvalue weighted by molar-refractivity contribution is -0.141. The van der Waals surface area contributed by atoms with Gasteiger partial charge >= 0.3 is 6.18 Å². The molecule has 0 fully saturated rings. The maximum atomic E-state index is 12.3. The monoisotopic (exact) mass is 428 g/mol. The molecule has 0 atom stereocenters. The smallest absolute Gasteiger partial charge is 0.320 e. The fourth-order valence-electron chi connectivity index (χ4n) is 1.29. The summed E-state index contributed by atoms with van der Waals surface area (Å²) in [5, 5.41) is 2.48. The number of pyridine rings is 1. The van der Waals surface area contributed by atoms with Crippen LogP contribution < -0.4 is 5.32 Å². The molecule has 0 bridgehead atoms. The number of hydrogen-bond acceptors (Lipinski definition) is 3. The number of aromatic nitrogens is 1. The first kappa shape index (κ1) is 15.5. The zero-order valence-electron chi connectivity index (χ0n) is 9.46. The van der Waals surface area contributed by atoms with Crippen molar-refractivity contribution >= 4 is 54.8 Å². The van der Waals surface area contributed by atoms with E-state index in [1.165, 1.54) is 11.3 Å². The number of anilines is 1. The van der Waals surface area contributed by atoms with Gasteiger partial charge in [0.25, 0.3) is 5.91 Å². The van der Waals surface area contributed by atoms with Gasteiger partial charge in [-0.25, -0.2) is 4.98 Å². The van der Waals surface area contributed by atoms with Crippen LogP contribution in [-0.4, -0.2) is 10.9 Å². The molecule has 9 heteroatoms. The van der Waals surface area contributed by atoms with Crippen LogP contribution in [0.2, 0.25) is 0 Å². The standard InChI is InChI=1S/C11H5Br2F3N2OS/c12-6-3-7(20-9(6)13)10(19)18-5-1-2-8(17-4-5)11(14,15)16/h1-4H,(H,18,19). The summed E-state index contributed by atoms with van der Waals surface area (Å²) in [6.45, 7) is 0. The van der Waals surface area contributed by atoms with Crippen molar-refractivity contribution in [2.45, 2.75) is 6.18 Å². The highest BCUT2D eigenvalue weighted by atomic mass is 79.9. The zero-order chi connectivity index (χ0) is 14.9. The van der Waals surface area contributed by atoms with Crippen LogP contribution in [-0.2, 0) is 6.18 Å². The van der Waals surface area contributed by atoms with Crippen molar-refractivity contribution in [3.63, 3.8) is 0 Å². The van der Waals surface area contributed by atoms with Crippen molar-refractivity contribution in [3.05, 3.63) is 43.2 Å². The van der Waals surface area contributed by atoms with Crippen LogP contribution in [0, 0.1) is 0 Å². The van der Waals surface area contributed by atoms with Gasteiger partial charge in [0.05, 0.1) is 20.5 Å². The van der Waals surface area contributed by atoms with Crippen LogP contribution >= 0.6 is 43.2 Å². The Morgan fingerprint density at radius 1 is 1.30 bits per heavy atom. The maximum absolute atomic E-state index is 12.3. The third kappa shape index (κ3) is 3.58. The van der Waals surface area contributed by atoms with Gasteiger partial charge in [0.1, 0.15) is 5.69 Å². The van der Waals surface area contributed by atoms with Crippen LogP contribution in [0.25, 0.3) is 0 Å². The Morgan fingerprint density at radius 3 is 2.45 bits per heavy atom. The first-order chi connectivity index (χ1) is 9.27. The topological polar surface area (TPSA) is 42.0 Å². The Bertz CT molecular complexity index is 621. The minimum atomic E-state index is -4.49. The van der Waals surface area contributed by atoms with E-state index in [0.29, 0.717) is 4.88 Å². The third-order valence-electron chi connectivity index (χ3n) is 2.18. The Balaban J connectivity index is 2.12. The quantitative estimate of drug-likeness (QED) is 0.734. The zero-order valence-corrected chi connectivity index (χ0v) is 13.5. The van der Waals surface area contributed by atoms with Gasteiger partial charge in [-0.1, -0.05) is 0 Å². The summed E-state index contributed by atoms with van der Waals surface area (Å²) < 4.78 is 38.5. The Kier molecular flexibility index (Phi) is 4.50. The number of hydrogen-bond donors (Lipinski definition) is 1. The third-order valence-corrected chi connectivity index (χ3v) is 5.44. The molecular weight excluding hydrogens is 425 g/mol. The molecule has 106 valence electrons. The van der Waals surface area contributed by atoms with E-state index in [1.807, 2.05) is 0 Å². The summed E-state index contributed by atoms with van der Waals surface area (Å²) in [7, 11) is 0. The Morgan fingerprint density at radius 2 is 2.00 bits per heavy atom. The summed E-state index contributed by atoms with van der Waals surface area (Å²) >= 11 is 7.71. The summed E-state index contributed by atoms with van der Waals surface area (Å²) in [5.41, 5.74) is -0.805. The van der Waals surface area contributed by atoms with Crippen molar-refractivity contribution in [2.24, 2.45) is 0 Å². The first-order valence-corrected chi connectivity index (χ1v) is 7.47. The van der Waals surface area contributed by atoms with Crippen LogP contribution in [0.5, 0.6) is 0 Å². The van der Waals surface area contributed by atoms with E-state index in [-0.39, 0.29) is 5.69 Å². The number of rotatable bonds is 2. The van der Waals surface area contributed by atoms with Gasteiger partial charge in [0.15, 0.2) is 0 Å². The molecule has 20 heavy (non-hydrogen) atoms. The second kappa shape index (κ2) is 5.82. The van der Waals surface area contributed by atoms with Crippen molar-refractivity contribution in [1.82, 2.24) is 4.98 Å². The van der Waals surface area contributed by atoms with E-state index >= 15 is 0 Å². The highest BCUT2D eigenvalue weighted by Gasteiger charge is 2.32. The second-order valence-electron chi connectivity index (χ2n) is 3.62. The van der Waals surface area contributed by atoms with Gasteiger partial charge in [0.2, 0.25) is 0 Å². The highest BCUT2D eigenvalue weighted by Crippen LogP contribution is 2.33. The minimum absolute atomic E-state index is 0.198. The average molecular weight is 430 g/mol. The summed E-state index contributed by atoms with van der Waals surface area (Å²) in [5.74, 6) is -0.414. The number of amides is 1. The second-order valence-corrected chi connectivity index (χ2v) is 6.84. The molecule has 0 aliphatic heterocycles. The van der Waals surface area contributed by atoms with Crippen LogP contribution in [0.4, 0.5) is 18.9 Å². The van der Waals surface area contributed by atoms with Crippen molar-refractivity contribution in [3.8, 4) is 0 Å². The Labute approximate surface area is 132 Å². The Hall–Kier alpha value is -0.930. The molecule has 0 aliphatic carbocycles. The average Bonchev–Trinajstić information content (AvgIpc) is 2.69. The number of carbonyl (C=O) groups excluding carboxylic acids is 1. The number of nitrogens with one attached hydrogen (secondary N) is 1. The first-order valence-electron chi connectivity index (χ1n) is 5.07. The van der Waals surface area contributed by atoms with Crippen molar-refractivity contribution in [1.29, 1.82) is 0 Å². The lowest BCUT2D eigenvalue weighted by Crippen LogP contribution is -2.12. The van der Waals surface area contributed by atoms with Gasteiger partial charge in [-0.2, -0.15) is 13.2 Å². The molecule has 1 N–H and O–H groups in total. The highest BCUT2D eigenvalue weighted by molar-refractivity contribution is 9.13. The molecule has 2 aromatic rings. The van der Waals surface area contributed by atoms with Crippen LogP contribution in [0.3, 0.4) is 0 Å². The summed E-state index contributed by atoms with van der Waals surface area (Å²) in [6.07, 6.45) is -3.52. The van der Waals surface area contributed by atoms with E-state index in [9.17, 15) is 18.0 Å². The van der Waals surface area contributed by atoms with E-state index in [2.05, 4.69) is 42.2 Å². The van der Waals surface area contributed by atoms with E-state index in [4.69, 9.17) is 0 Å². The van der Waals surface area contributed by atoms with Crippen LogP contribution in [0.1, 0.15) is 15.4 Å². The fourth-order valence-corrected chi connectivity index (χ4v) is 3.22. The number of thiophene rings is 1. The largest absolute Gasteiger partial charge is 0.433 e. The molecule has 2 rings (SSSR count). The van der Waals surface area contributed by atoms with E-state index in [0.717, 1.165) is 26.6 Å². The molecule has 0 aliphatic rings. The number of carbonyl (C=O) groups is 1. The molecule has 1 amide bonds. The number of halogens is 5. The summed E-state index contributed by atoms with van der Waals surface area (Å²) in [6, 6.07) is 3.59. The normalized spacial score (nSPS) is 11.4. The van der Waals surface area contributed by atoms with E-state index in [1.54, 1.807) is 6.07 Å². The fraction of sp³-hybridized carbons (Fsp3) is 0.0909. The molecule has 0 radical (unpaired) electrons. The van der Waals surface area contributed by atoms with Gasteiger partial charge in [0, 0.05) is 4.47 Å². The molecule has 0 aromatic carbocycles. The van der Waals surface area contributed by atoms with Gasteiger partial charge < -0.3 is 5.32 Å². The molecule has 2 heterocycles. The van der Waals surface area contributed by atoms with Gasteiger partial charge in [-0.05, 0) is 50.1 Å². The molecular formula is C11H5Br2F3N2OS. The predicted octanol–water partition coefficient (Wildman–Crippen LogP) is 4.94. The van der Waals surface area contributed by atoms with Gasteiger partial charge in [-0.3, -0.25) is 4.79 Å². The lowest BCUT2D eigenvalue weighted by atomic mass is 10.3. The van der Waals surface area contributed by atoms with E-state index < -0.39 is 17.8 Å². The number of alkyl halides is 3. The van der Waals surface area contributed by atoms with Crippen molar-refractivity contribution < 1.29 is 18.0 Å². The minimum Gasteiger partial charge on any atom is -0.320 e. The molecule has 0 saturated heterocycles. The van der Waals surface area contributed by atoms with Gasteiger partial charge in [-0.15, -0.1) is 11.3 Å². The number of nitrogens with zero attached hydrogens (tertiary/aromatic N) is 1. The molecule has 0 spiro atoms.